The number of fused-ring (bicyclic) bond motifs is 3. The van der Waals surface area contributed by atoms with E-state index in [0.29, 0.717) is 30.9 Å². The third-order valence-corrected chi connectivity index (χ3v) is 12.0. The predicted octanol–water partition coefficient (Wildman–Crippen LogP) is 8.81. The molecule has 1 aliphatic heterocycles. The zero-order valence-electron chi connectivity index (χ0n) is 33.9. The van der Waals surface area contributed by atoms with E-state index in [2.05, 4.69) is 12.7 Å². The van der Waals surface area contributed by atoms with Gasteiger partial charge in [-0.1, -0.05) is 72.6 Å². The molecule has 3 N–H and O–H groups in total. The summed E-state index contributed by atoms with van der Waals surface area (Å²) in [5, 5.41) is 48.8. The Morgan fingerprint density at radius 2 is 1.77 bits per heavy atom. The largest absolute Gasteiger partial charge is 0.508 e. The number of allylic oxidation sites excluding steroid dienone is 1. The Bertz CT molecular complexity index is 2220. The van der Waals surface area contributed by atoms with E-state index < -0.39 is 28.8 Å². The van der Waals surface area contributed by atoms with Gasteiger partial charge in [0, 0.05) is 43.2 Å². The number of phenolic OH excluding ortho intramolecular Hbond substituents is 1. The molecule has 1 fully saturated rings. The van der Waals surface area contributed by atoms with E-state index in [1.807, 2.05) is 49.4 Å². The molecule has 60 heavy (non-hydrogen) atoms. The van der Waals surface area contributed by atoms with Crippen LogP contribution < -0.4 is 9.47 Å². The van der Waals surface area contributed by atoms with Gasteiger partial charge in [0.15, 0.2) is 0 Å². The number of carbonyl (C=O) groups is 1. The highest BCUT2D eigenvalue weighted by Gasteiger charge is 2.65. The van der Waals surface area contributed by atoms with Crippen LogP contribution in [0.4, 0.5) is 10.5 Å². The summed E-state index contributed by atoms with van der Waals surface area (Å²) < 4.78 is 20.4. The number of hydrogen-bond acceptors (Lipinski definition) is 11. The number of aliphatic hydroxyl groups excluding tert-OH is 2. The highest BCUT2D eigenvalue weighted by atomic mass is 16.7. The molecule has 7 rings (SSSR count). The van der Waals surface area contributed by atoms with Crippen molar-refractivity contribution in [2.75, 3.05) is 26.4 Å². The molecule has 4 aromatic carbocycles. The minimum Gasteiger partial charge on any atom is -0.508 e. The molecular weight excluding hydrogens is 767 g/mol. The van der Waals surface area contributed by atoms with E-state index in [0.717, 1.165) is 53.2 Å². The lowest BCUT2D eigenvalue weighted by atomic mass is 9.55. The van der Waals surface area contributed by atoms with Gasteiger partial charge < -0.3 is 34.4 Å². The summed E-state index contributed by atoms with van der Waals surface area (Å²) in [6.07, 6.45) is 7.62. The number of aliphatic hydroxyl groups is 2. The molecule has 13 nitrogen and oxygen atoms in total. The lowest BCUT2D eigenvalue weighted by Crippen LogP contribution is -2.70. The third kappa shape index (κ3) is 8.61. The maximum Gasteiger partial charge on any atom is 0.416 e. The Morgan fingerprint density at radius 1 is 1.02 bits per heavy atom. The van der Waals surface area contributed by atoms with E-state index in [1.165, 1.54) is 24.3 Å². The first-order valence-electron chi connectivity index (χ1n) is 20.8. The molecule has 1 heterocycles. The van der Waals surface area contributed by atoms with Crippen LogP contribution in [0.5, 0.6) is 17.2 Å². The number of phenols is 1. The van der Waals surface area contributed by atoms with Crippen molar-refractivity contribution in [2.24, 2.45) is 22.9 Å². The number of benzene rings is 4. The second kappa shape index (κ2) is 19.1. The zero-order chi connectivity index (χ0) is 42.2. The first-order valence-corrected chi connectivity index (χ1v) is 20.8. The summed E-state index contributed by atoms with van der Waals surface area (Å²) in [7, 11) is 0. The zero-order valence-corrected chi connectivity index (χ0v) is 33.9. The number of aromatic hydroxyl groups is 1. The average Bonchev–Trinajstić information content (AvgIpc) is 3.25. The van der Waals surface area contributed by atoms with Gasteiger partial charge >= 0.3 is 6.09 Å². The third-order valence-electron chi connectivity index (χ3n) is 12.0. The van der Waals surface area contributed by atoms with Crippen molar-refractivity contribution in [3.05, 3.63) is 130 Å². The number of non-ortho nitro benzene ring substituents is 1. The number of nitro benzene ring substituents is 1. The van der Waals surface area contributed by atoms with Gasteiger partial charge in [0.1, 0.15) is 29.9 Å². The monoisotopic (exact) mass is 819 g/mol. The van der Waals surface area contributed by atoms with Crippen LogP contribution >= 0.6 is 0 Å². The summed E-state index contributed by atoms with van der Waals surface area (Å²) in [6.45, 7) is 6.40. The first-order chi connectivity index (χ1) is 29.2. The van der Waals surface area contributed by atoms with Crippen molar-refractivity contribution in [1.82, 2.24) is 4.90 Å². The average molecular weight is 820 g/mol. The van der Waals surface area contributed by atoms with Crippen molar-refractivity contribution in [3.63, 3.8) is 0 Å². The normalized spacial score (nSPS) is 23.5. The molecule has 1 saturated carbocycles. The summed E-state index contributed by atoms with van der Waals surface area (Å²) in [6, 6.07) is 23.4. The van der Waals surface area contributed by atoms with Gasteiger partial charge in [-0.05, 0) is 96.7 Å². The minimum atomic E-state index is -1.57. The number of nitro groups is 1. The second-order valence-electron chi connectivity index (χ2n) is 15.6. The molecule has 4 aromatic rings. The van der Waals surface area contributed by atoms with Gasteiger partial charge in [-0.3, -0.25) is 15.0 Å². The predicted molar refractivity (Wildman–Crippen MR) is 227 cm³/mol. The molecule has 0 saturated heterocycles. The maximum absolute atomic E-state index is 15.0. The van der Waals surface area contributed by atoms with Crippen molar-refractivity contribution >= 4 is 28.3 Å². The van der Waals surface area contributed by atoms with Gasteiger partial charge in [-0.25, -0.2) is 4.79 Å². The van der Waals surface area contributed by atoms with Crippen molar-refractivity contribution < 1.29 is 44.1 Å². The molecule has 6 atom stereocenters. The van der Waals surface area contributed by atoms with Crippen LogP contribution in [0.2, 0.25) is 0 Å². The topological polar surface area (TPSA) is 173 Å². The van der Waals surface area contributed by atoms with E-state index in [-0.39, 0.29) is 67.7 Å². The van der Waals surface area contributed by atoms with E-state index in [4.69, 9.17) is 24.2 Å². The van der Waals surface area contributed by atoms with Gasteiger partial charge in [0.2, 0.25) is 5.79 Å². The number of unbranched alkanes of at least 4 members (excludes halogenated alkanes) is 2. The highest BCUT2D eigenvalue weighted by molar-refractivity contribution is 6.03. The number of rotatable bonds is 18. The molecular formula is C47H53N3O10. The number of oxime groups is 1. The number of nitrogens with zero attached hydrogens (tertiary/aromatic N) is 3. The van der Waals surface area contributed by atoms with E-state index >= 15 is 4.79 Å². The Balaban J connectivity index is 1.46. The minimum absolute atomic E-state index is 0.0224. The SMILES string of the molecule is C=CCOC12Oc3ccc(O)cc3C3C(CCCCO)C(CCCCO)C=C(C(=NOCC)CC1N(Cc1cccc4ccccc14)C(=O)Oc1ccc([N+](=O)[O-])cc1)C32. The number of amides is 1. The van der Waals surface area contributed by atoms with Crippen LogP contribution in [0.3, 0.4) is 0 Å². The smallest absolute Gasteiger partial charge is 0.416 e. The number of hydrogen-bond donors (Lipinski definition) is 3. The molecule has 6 unspecified atom stereocenters. The summed E-state index contributed by atoms with van der Waals surface area (Å²) in [4.78, 5) is 33.5. The fraction of sp³-hybridized carbons (Fsp3) is 0.404. The number of ether oxygens (including phenoxy) is 3. The lowest BCUT2D eigenvalue weighted by Gasteiger charge is -2.59. The summed E-state index contributed by atoms with van der Waals surface area (Å²) in [5.74, 6) is -1.76. The molecule has 0 spiro atoms. The van der Waals surface area contributed by atoms with Crippen LogP contribution in [0.15, 0.2) is 114 Å². The van der Waals surface area contributed by atoms with Gasteiger partial charge in [0.05, 0.1) is 29.7 Å². The molecule has 3 aliphatic rings. The second-order valence-corrected chi connectivity index (χ2v) is 15.6. The standard InChI is InChI=1S/C47H53N3O10/c1-3-26-57-47-43(49(30-33-15-11-14-31-12-5-6-16-37(31)33)46(54)59-36-21-18-34(19-22-36)50(55)56)29-41(48-58-4-2)39-27-32(13-7-9-24-51)38(17-8-10-25-52)44(45(39)47)40-28-35(53)20-23-42(40)60-47/h3,5-6,11-12,14-16,18-23,27-28,32,38,43-45,51-53H,1,4,7-10,13,17,24-26,29-30H2,2H3. The van der Waals surface area contributed by atoms with Gasteiger partial charge in [-0.2, -0.15) is 0 Å². The van der Waals surface area contributed by atoms with Crippen molar-refractivity contribution in [2.45, 2.75) is 76.2 Å². The molecule has 1 amide bonds. The Labute approximate surface area is 349 Å². The first kappa shape index (κ1) is 42.4. The summed E-state index contributed by atoms with van der Waals surface area (Å²) >= 11 is 0. The molecule has 0 aromatic heterocycles. The Hall–Kier alpha value is -5.76. The van der Waals surface area contributed by atoms with Gasteiger partial charge in [-0.15, -0.1) is 6.58 Å². The highest BCUT2D eigenvalue weighted by Crippen LogP contribution is 2.62. The van der Waals surface area contributed by atoms with E-state index in [9.17, 15) is 25.4 Å². The van der Waals surface area contributed by atoms with Crippen LogP contribution in [0.1, 0.15) is 68.9 Å². The van der Waals surface area contributed by atoms with Crippen LogP contribution in [0, 0.1) is 27.9 Å². The Morgan fingerprint density at radius 3 is 2.50 bits per heavy atom. The fourth-order valence-electron chi connectivity index (χ4n) is 9.51. The quantitative estimate of drug-likeness (QED) is 0.0381. The van der Waals surface area contributed by atoms with E-state index in [1.54, 1.807) is 29.2 Å². The lowest BCUT2D eigenvalue weighted by molar-refractivity contribution is -0.384. The molecule has 13 heteroatoms. The van der Waals surface area contributed by atoms with Crippen molar-refractivity contribution in [3.8, 4) is 17.2 Å². The fourth-order valence-corrected chi connectivity index (χ4v) is 9.51. The van der Waals surface area contributed by atoms with Crippen molar-refractivity contribution in [1.29, 1.82) is 0 Å². The van der Waals surface area contributed by atoms with Crippen LogP contribution in [-0.4, -0.2) is 75.2 Å². The molecule has 0 radical (unpaired) electrons. The molecule has 0 bridgehead atoms. The van der Waals surface area contributed by atoms with Crippen LogP contribution in [0.25, 0.3) is 10.8 Å². The number of carbonyl (C=O) groups excluding carboxylic acids is 1. The van der Waals surface area contributed by atoms with Gasteiger partial charge in [0.25, 0.3) is 5.69 Å². The summed E-state index contributed by atoms with van der Waals surface area (Å²) in [5.41, 5.74) is 2.98. The van der Waals surface area contributed by atoms with Crippen LogP contribution in [-0.2, 0) is 16.1 Å². The maximum atomic E-state index is 15.0. The Kier molecular flexibility index (Phi) is 13.5. The molecule has 316 valence electrons. The molecule has 2 aliphatic carbocycles.